The zero-order valence-corrected chi connectivity index (χ0v) is 10.6. The average molecular weight is 222 g/mol. The summed E-state index contributed by atoms with van der Waals surface area (Å²) in [5, 5.41) is 4.19. The molecule has 0 aromatic carbocycles. The first-order valence-electron chi connectivity index (χ1n) is 6.18. The van der Waals surface area contributed by atoms with E-state index in [1.807, 2.05) is 20.2 Å². The van der Waals surface area contributed by atoms with Crippen LogP contribution in [0, 0.1) is 6.92 Å². The van der Waals surface area contributed by atoms with E-state index in [9.17, 15) is 4.79 Å². The van der Waals surface area contributed by atoms with Gasteiger partial charge < -0.3 is 0 Å². The van der Waals surface area contributed by atoms with Crippen molar-refractivity contribution in [3.8, 4) is 0 Å². The Morgan fingerprint density at radius 2 is 2.00 bits per heavy atom. The monoisotopic (exact) mass is 222 g/mol. The Morgan fingerprint density at radius 1 is 1.31 bits per heavy atom. The van der Waals surface area contributed by atoms with Crippen molar-refractivity contribution >= 4 is 5.78 Å². The first-order chi connectivity index (χ1) is 7.65. The molecule has 0 atom stereocenters. The number of ketones is 1. The lowest BCUT2D eigenvalue weighted by molar-refractivity contribution is 0.0978. The van der Waals surface area contributed by atoms with Gasteiger partial charge in [-0.3, -0.25) is 9.48 Å². The molecule has 1 aromatic rings. The summed E-state index contributed by atoms with van der Waals surface area (Å²) in [6, 6.07) is 0. The third-order valence-corrected chi connectivity index (χ3v) is 2.82. The van der Waals surface area contributed by atoms with E-state index >= 15 is 0 Å². The number of carbonyl (C=O) groups is 1. The molecule has 1 aromatic heterocycles. The topological polar surface area (TPSA) is 34.9 Å². The van der Waals surface area contributed by atoms with Crippen molar-refractivity contribution in [1.82, 2.24) is 9.78 Å². The van der Waals surface area contributed by atoms with Crippen molar-refractivity contribution in [2.75, 3.05) is 0 Å². The first-order valence-corrected chi connectivity index (χ1v) is 6.18. The molecule has 0 amide bonds. The lowest BCUT2D eigenvalue weighted by atomic mass is 10.0. The third kappa shape index (κ3) is 3.80. The minimum atomic E-state index is 0.238. The summed E-state index contributed by atoms with van der Waals surface area (Å²) in [6.07, 6.45) is 8.43. The first kappa shape index (κ1) is 12.9. The Labute approximate surface area is 97.8 Å². The van der Waals surface area contributed by atoms with E-state index in [1.54, 1.807) is 4.68 Å². The molecule has 3 heteroatoms. The van der Waals surface area contributed by atoms with Crippen LogP contribution in [-0.4, -0.2) is 15.6 Å². The van der Waals surface area contributed by atoms with E-state index in [4.69, 9.17) is 0 Å². The average Bonchev–Trinajstić information content (AvgIpc) is 2.57. The van der Waals surface area contributed by atoms with Gasteiger partial charge in [0.25, 0.3) is 0 Å². The molecule has 0 fully saturated rings. The molecule has 0 radical (unpaired) electrons. The van der Waals surface area contributed by atoms with E-state index in [0.29, 0.717) is 6.42 Å². The summed E-state index contributed by atoms with van der Waals surface area (Å²) in [7, 11) is 1.85. The number of nitrogens with zero attached hydrogens (tertiary/aromatic N) is 2. The number of hydrogen-bond acceptors (Lipinski definition) is 2. The molecular formula is C13H22N2O. The second-order valence-electron chi connectivity index (χ2n) is 4.39. The van der Waals surface area contributed by atoms with Crippen LogP contribution in [0.3, 0.4) is 0 Å². The quantitative estimate of drug-likeness (QED) is 0.524. The van der Waals surface area contributed by atoms with Crippen LogP contribution >= 0.6 is 0 Å². The smallest absolute Gasteiger partial charge is 0.166 e. The van der Waals surface area contributed by atoms with Gasteiger partial charge in [0, 0.05) is 19.7 Å². The van der Waals surface area contributed by atoms with E-state index in [2.05, 4.69) is 12.0 Å². The van der Waals surface area contributed by atoms with E-state index in [1.165, 1.54) is 25.7 Å². The Hall–Kier alpha value is -1.12. The van der Waals surface area contributed by atoms with Crippen LogP contribution in [0.5, 0.6) is 0 Å². The molecule has 3 nitrogen and oxygen atoms in total. The molecule has 0 unspecified atom stereocenters. The summed E-state index contributed by atoms with van der Waals surface area (Å²) in [5.74, 6) is 0.238. The maximum Gasteiger partial charge on any atom is 0.166 e. The number of Topliss-reactive ketones (excluding diaryl/α,β-unsaturated/α-hetero) is 1. The molecule has 0 aliphatic heterocycles. The van der Waals surface area contributed by atoms with Crippen LogP contribution in [0.2, 0.25) is 0 Å². The van der Waals surface area contributed by atoms with Gasteiger partial charge in [0.1, 0.15) is 0 Å². The highest BCUT2D eigenvalue weighted by Gasteiger charge is 2.11. The van der Waals surface area contributed by atoms with Gasteiger partial charge in [0.05, 0.1) is 11.3 Å². The number of aryl methyl sites for hydroxylation is 2. The summed E-state index contributed by atoms with van der Waals surface area (Å²) >= 11 is 0. The maximum atomic E-state index is 11.9. The molecule has 1 heterocycles. The highest BCUT2D eigenvalue weighted by molar-refractivity contribution is 5.96. The predicted octanol–water partition coefficient (Wildman–Crippen LogP) is 3.27. The van der Waals surface area contributed by atoms with E-state index < -0.39 is 0 Å². The molecule has 0 saturated heterocycles. The summed E-state index contributed by atoms with van der Waals surface area (Å²) in [6.45, 7) is 4.09. The highest BCUT2D eigenvalue weighted by atomic mass is 16.1. The molecule has 90 valence electrons. The van der Waals surface area contributed by atoms with Gasteiger partial charge in [-0.1, -0.05) is 32.6 Å². The largest absolute Gasteiger partial charge is 0.294 e. The van der Waals surface area contributed by atoms with Gasteiger partial charge >= 0.3 is 0 Å². The standard InChI is InChI=1S/C13H22N2O/c1-4-5-6-7-8-9-13(16)12-10-15(3)14-11(12)2/h10H,4-9H2,1-3H3. The van der Waals surface area contributed by atoms with Crippen molar-refractivity contribution < 1.29 is 4.79 Å². The molecule has 0 N–H and O–H groups in total. The van der Waals surface area contributed by atoms with Crippen molar-refractivity contribution in [2.24, 2.45) is 7.05 Å². The SMILES string of the molecule is CCCCCCCC(=O)c1cn(C)nc1C. The summed E-state index contributed by atoms with van der Waals surface area (Å²) in [4.78, 5) is 11.9. The molecule has 16 heavy (non-hydrogen) atoms. The predicted molar refractivity (Wildman–Crippen MR) is 65.7 cm³/mol. The molecule has 0 saturated carbocycles. The zero-order chi connectivity index (χ0) is 12.0. The van der Waals surface area contributed by atoms with Crippen molar-refractivity contribution in [3.63, 3.8) is 0 Å². The maximum absolute atomic E-state index is 11.9. The van der Waals surface area contributed by atoms with Crippen LogP contribution in [0.1, 0.15) is 61.5 Å². The number of unbranched alkanes of at least 4 members (excludes halogenated alkanes) is 4. The molecular weight excluding hydrogens is 200 g/mol. The van der Waals surface area contributed by atoms with Gasteiger partial charge in [-0.15, -0.1) is 0 Å². The number of hydrogen-bond donors (Lipinski definition) is 0. The minimum Gasteiger partial charge on any atom is -0.294 e. The van der Waals surface area contributed by atoms with Gasteiger partial charge in [0.15, 0.2) is 5.78 Å². The Bertz CT molecular complexity index is 342. The molecule has 0 aliphatic rings. The second-order valence-corrected chi connectivity index (χ2v) is 4.39. The fourth-order valence-electron chi connectivity index (χ4n) is 1.90. The van der Waals surface area contributed by atoms with Crippen molar-refractivity contribution in [2.45, 2.75) is 52.4 Å². The number of carbonyl (C=O) groups excluding carboxylic acids is 1. The van der Waals surface area contributed by atoms with Crippen molar-refractivity contribution in [1.29, 1.82) is 0 Å². The number of aromatic nitrogens is 2. The normalized spacial score (nSPS) is 10.7. The number of rotatable bonds is 7. The van der Waals surface area contributed by atoms with Crippen LogP contribution < -0.4 is 0 Å². The Balaban J connectivity index is 2.33. The molecule has 1 rings (SSSR count). The van der Waals surface area contributed by atoms with Crippen LogP contribution in [0.4, 0.5) is 0 Å². The lowest BCUT2D eigenvalue weighted by Gasteiger charge is -1.99. The van der Waals surface area contributed by atoms with Crippen LogP contribution in [0.15, 0.2) is 6.20 Å². The molecule has 0 spiro atoms. The van der Waals surface area contributed by atoms with Crippen molar-refractivity contribution in [3.05, 3.63) is 17.5 Å². The fraction of sp³-hybridized carbons (Fsp3) is 0.692. The van der Waals surface area contributed by atoms with Gasteiger partial charge in [0.2, 0.25) is 0 Å². The second kappa shape index (κ2) is 6.46. The van der Waals surface area contributed by atoms with Gasteiger partial charge in [-0.05, 0) is 13.3 Å². The zero-order valence-electron chi connectivity index (χ0n) is 10.6. The summed E-state index contributed by atoms with van der Waals surface area (Å²) in [5.41, 5.74) is 1.64. The highest BCUT2D eigenvalue weighted by Crippen LogP contribution is 2.12. The van der Waals surface area contributed by atoms with E-state index in [-0.39, 0.29) is 5.78 Å². The minimum absolute atomic E-state index is 0.238. The van der Waals surface area contributed by atoms with Crippen LogP contribution in [0.25, 0.3) is 0 Å². The summed E-state index contributed by atoms with van der Waals surface area (Å²) < 4.78 is 1.71. The van der Waals surface area contributed by atoms with Gasteiger partial charge in [-0.2, -0.15) is 5.10 Å². The molecule has 0 aliphatic carbocycles. The molecule has 0 bridgehead atoms. The van der Waals surface area contributed by atoms with E-state index in [0.717, 1.165) is 17.7 Å². The third-order valence-electron chi connectivity index (χ3n) is 2.82. The Kier molecular flexibility index (Phi) is 5.23. The van der Waals surface area contributed by atoms with Crippen LogP contribution in [-0.2, 0) is 7.05 Å². The fourth-order valence-corrected chi connectivity index (χ4v) is 1.90. The lowest BCUT2D eigenvalue weighted by Crippen LogP contribution is -1.99. The van der Waals surface area contributed by atoms with Gasteiger partial charge in [-0.25, -0.2) is 0 Å². The Morgan fingerprint density at radius 3 is 2.56 bits per heavy atom.